The predicted molar refractivity (Wildman–Crippen MR) is 101 cm³/mol. The third kappa shape index (κ3) is 4.27. The second-order valence-electron chi connectivity index (χ2n) is 7.13. The van der Waals surface area contributed by atoms with Crippen molar-refractivity contribution in [2.24, 2.45) is 0 Å². The monoisotopic (exact) mass is 397 g/mol. The number of aromatic nitrogens is 1. The number of carbonyl (C=O) groups excluding carboxylic acids is 1. The van der Waals surface area contributed by atoms with E-state index < -0.39 is 0 Å². The minimum absolute atomic E-state index is 0.0301. The number of nitrogens with one attached hydrogen (secondary N) is 2. The Bertz CT molecular complexity index is 627. The van der Waals surface area contributed by atoms with Crippen LogP contribution in [0.25, 0.3) is 0 Å². The van der Waals surface area contributed by atoms with Crippen molar-refractivity contribution in [1.82, 2.24) is 15.6 Å². The molecule has 3 fully saturated rings. The molecule has 1 aromatic heterocycles. The molecular weight excluding hydrogens is 374 g/mol. The molecule has 0 aromatic carbocycles. The molecule has 0 radical (unpaired) electrons. The number of pyridine rings is 1. The van der Waals surface area contributed by atoms with Crippen LogP contribution in [0.2, 0.25) is 5.02 Å². The molecule has 142 valence electrons. The molecule has 6 nitrogen and oxygen atoms in total. The van der Waals surface area contributed by atoms with Gasteiger partial charge >= 0.3 is 6.03 Å². The molecule has 4 rings (SSSR count). The molecular formula is C18H24ClN3O3S. The maximum atomic E-state index is 12.3. The minimum atomic E-state index is -0.106. The summed E-state index contributed by atoms with van der Waals surface area (Å²) >= 11 is 7.53. The van der Waals surface area contributed by atoms with Crippen molar-refractivity contribution in [3.8, 4) is 0 Å². The average molecular weight is 398 g/mol. The van der Waals surface area contributed by atoms with Crippen LogP contribution in [0.4, 0.5) is 4.79 Å². The fraction of sp³-hybridized carbons (Fsp3) is 0.667. The topological polar surface area (TPSA) is 72.5 Å². The van der Waals surface area contributed by atoms with Gasteiger partial charge in [0, 0.05) is 12.2 Å². The van der Waals surface area contributed by atoms with Gasteiger partial charge in [0.2, 0.25) is 0 Å². The average Bonchev–Trinajstić information content (AvgIpc) is 3.22. The van der Waals surface area contributed by atoms with E-state index in [1.807, 2.05) is 12.1 Å². The van der Waals surface area contributed by atoms with Gasteiger partial charge in [-0.3, -0.25) is 0 Å². The lowest BCUT2D eigenvalue weighted by Gasteiger charge is -2.24. The fourth-order valence-electron chi connectivity index (χ4n) is 3.92. The molecule has 2 N–H and O–H groups in total. The van der Waals surface area contributed by atoms with Crippen LogP contribution >= 0.6 is 23.4 Å². The minimum Gasteiger partial charge on any atom is -0.372 e. The molecule has 2 aliphatic heterocycles. The molecule has 0 unspecified atom stereocenters. The number of hydrogen-bond donors (Lipinski definition) is 2. The molecule has 3 heterocycles. The summed E-state index contributed by atoms with van der Waals surface area (Å²) in [7, 11) is 0. The van der Waals surface area contributed by atoms with Gasteiger partial charge in [0.25, 0.3) is 0 Å². The molecule has 8 heteroatoms. The number of ether oxygens (including phenoxy) is 2. The van der Waals surface area contributed by atoms with Crippen LogP contribution in [0, 0.1) is 0 Å². The van der Waals surface area contributed by atoms with Crippen LogP contribution in [0.1, 0.15) is 32.1 Å². The highest BCUT2D eigenvalue weighted by atomic mass is 35.5. The van der Waals surface area contributed by atoms with Gasteiger partial charge in [0.05, 0.1) is 34.6 Å². The number of amides is 2. The summed E-state index contributed by atoms with van der Waals surface area (Å²) in [5.74, 6) is 0. The van der Waals surface area contributed by atoms with Gasteiger partial charge in [-0.25, -0.2) is 9.78 Å². The number of nitrogens with zero attached hydrogens (tertiary/aromatic N) is 1. The smallest absolute Gasteiger partial charge is 0.315 e. The molecule has 1 aromatic rings. The number of urea groups is 1. The van der Waals surface area contributed by atoms with Crippen LogP contribution in [0.5, 0.6) is 0 Å². The van der Waals surface area contributed by atoms with Gasteiger partial charge in [0.15, 0.2) is 0 Å². The van der Waals surface area contributed by atoms with Crippen LogP contribution in [-0.2, 0) is 9.47 Å². The summed E-state index contributed by atoms with van der Waals surface area (Å²) in [6.45, 7) is 1.07. The van der Waals surface area contributed by atoms with E-state index in [0.29, 0.717) is 24.3 Å². The molecule has 2 saturated heterocycles. The van der Waals surface area contributed by atoms with Crippen molar-refractivity contribution in [3.05, 3.63) is 23.4 Å². The Morgan fingerprint density at radius 3 is 2.69 bits per heavy atom. The summed E-state index contributed by atoms with van der Waals surface area (Å²) in [5.41, 5.74) is 0. The number of rotatable bonds is 4. The highest BCUT2D eigenvalue weighted by Crippen LogP contribution is 2.36. The number of halogens is 1. The van der Waals surface area contributed by atoms with E-state index in [1.54, 1.807) is 18.0 Å². The summed E-state index contributed by atoms with van der Waals surface area (Å²) in [6.07, 6.45) is 7.33. The van der Waals surface area contributed by atoms with Gasteiger partial charge in [0.1, 0.15) is 12.2 Å². The zero-order valence-corrected chi connectivity index (χ0v) is 16.1. The van der Waals surface area contributed by atoms with Gasteiger partial charge in [-0.2, -0.15) is 0 Å². The summed E-state index contributed by atoms with van der Waals surface area (Å²) in [4.78, 5) is 16.6. The Kier molecular flexibility index (Phi) is 5.88. The molecule has 0 bridgehead atoms. The quantitative estimate of drug-likeness (QED) is 0.817. The Labute approximate surface area is 162 Å². The van der Waals surface area contributed by atoms with Crippen LogP contribution in [0.3, 0.4) is 0 Å². The van der Waals surface area contributed by atoms with Crippen molar-refractivity contribution in [2.45, 2.75) is 66.7 Å². The third-order valence-corrected chi connectivity index (χ3v) is 6.65. The maximum Gasteiger partial charge on any atom is 0.315 e. The van der Waals surface area contributed by atoms with Gasteiger partial charge in [-0.05, 0) is 25.0 Å². The van der Waals surface area contributed by atoms with Gasteiger partial charge in [-0.1, -0.05) is 42.6 Å². The molecule has 26 heavy (non-hydrogen) atoms. The van der Waals surface area contributed by atoms with E-state index in [-0.39, 0.29) is 29.5 Å². The van der Waals surface area contributed by atoms with E-state index >= 15 is 0 Å². The van der Waals surface area contributed by atoms with Crippen molar-refractivity contribution in [2.75, 3.05) is 13.2 Å². The second-order valence-corrected chi connectivity index (χ2v) is 8.82. The van der Waals surface area contributed by atoms with Gasteiger partial charge < -0.3 is 20.1 Å². The highest BCUT2D eigenvalue weighted by Gasteiger charge is 2.48. The summed E-state index contributed by atoms with van der Waals surface area (Å²) in [6, 6.07) is 3.82. The summed E-state index contributed by atoms with van der Waals surface area (Å²) < 4.78 is 11.9. The van der Waals surface area contributed by atoms with E-state index in [2.05, 4.69) is 15.6 Å². The third-order valence-electron chi connectivity index (χ3n) is 5.24. The normalized spacial score (nSPS) is 31.6. The fourth-order valence-corrected chi connectivity index (χ4v) is 5.11. The van der Waals surface area contributed by atoms with Crippen LogP contribution in [-0.4, -0.2) is 53.8 Å². The standard InChI is InChI=1S/C18H24ClN3O3S/c19-11-6-7-15(20-8-11)26-14-10-25-16-13(9-24-17(14)16)22-18(23)21-12-4-2-1-3-5-12/h6-8,12-14,16-17H,1-5,9-10H2,(H2,21,22,23)/t13-,14-,16+,17+/m0/s1. The SMILES string of the molecule is O=C(NC1CCCCC1)N[C@H]1CO[C@H]2[C@@H]1OC[C@@H]2Sc1ccc(Cl)cn1. The molecule has 1 aliphatic carbocycles. The van der Waals surface area contributed by atoms with Crippen molar-refractivity contribution in [1.29, 1.82) is 0 Å². The first kappa shape index (κ1) is 18.3. The van der Waals surface area contributed by atoms with Gasteiger partial charge in [-0.15, -0.1) is 0 Å². The Balaban J connectivity index is 1.28. The first-order valence-corrected chi connectivity index (χ1v) is 10.5. The predicted octanol–water partition coefficient (Wildman–Crippen LogP) is 2.99. The van der Waals surface area contributed by atoms with E-state index in [1.165, 1.54) is 19.3 Å². The zero-order valence-electron chi connectivity index (χ0n) is 14.5. The van der Waals surface area contributed by atoms with Crippen LogP contribution in [0.15, 0.2) is 23.4 Å². The van der Waals surface area contributed by atoms with E-state index in [4.69, 9.17) is 21.1 Å². The van der Waals surface area contributed by atoms with Crippen molar-refractivity contribution in [3.63, 3.8) is 0 Å². The lowest BCUT2D eigenvalue weighted by atomic mass is 9.96. The molecule has 3 aliphatic rings. The first-order chi connectivity index (χ1) is 12.7. The lowest BCUT2D eigenvalue weighted by molar-refractivity contribution is 0.0693. The lowest BCUT2D eigenvalue weighted by Crippen LogP contribution is -2.51. The Hall–Kier alpha value is -1.02. The first-order valence-electron chi connectivity index (χ1n) is 9.27. The van der Waals surface area contributed by atoms with E-state index in [9.17, 15) is 4.79 Å². The van der Waals surface area contributed by atoms with E-state index in [0.717, 1.165) is 17.9 Å². The number of thioether (sulfide) groups is 1. The van der Waals surface area contributed by atoms with Crippen LogP contribution < -0.4 is 10.6 Å². The second kappa shape index (κ2) is 8.33. The maximum absolute atomic E-state index is 12.3. The number of hydrogen-bond acceptors (Lipinski definition) is 5. The van der Waals surface area contributed by atoms with Crippen molar-refractivity contribution >= 4 is 29.4 Å². The molecule has 4 atom stereocenters. The largest absolute Gasteiger partial charge is 0.372 e. The molecule has 1 saturated carbocycles. The Morgan fingerprint density at radius 2 is 1.92 bits per heavy atom. The number of fused-ring (bicyclic) bond motifs is 1. The molecule has 2 amide bonds. The zero-order chi connectivity index (χ0) is 17.9. The Morgan fingerprint density at radius 1 is 1.12 bits per heavy atom. The number of carbonyl (C=O) groups is 1. The highest BCUT2D eigenvalue weighted by molar-refractivity contribution is 8.00. The van der Waals surface area contributed by atoms with Crippen molar-refractivity contribution < 1.29 is 14.3 Å². The summed E-state index contributed by atoms with van der Waals surface area (Å²) in [5, 5.41) is 7.84. The molecule has 0 spiro atoms.